The number of hydrogen-bond acceptors (Lipinski definition) is 4. The molecule has 126 valence electrons. The summed E-state index contributed by atoms with van der Waals surface area (Å²) in [5.41, 5.74) is 2.91. The Kier molecular flexibility index (Phi) is 4.59. The van der Waals surface area contributed by atoms with Crippen LogP contribution < -0.4 is 0 Å². The van der Waals surface area contributed by atoms with Gasteiger partial charge in [0.15, 0.2) is 0 Å². The van der Waals surface area contributed by atoms with Crippen molar-refractivity contribution in [2.75, 3.05) is 26.2 Å². The van der Waals surface area contributed by atoms with Crippen LogP contribution in [0, 0.1) is 13.8 Å². The zero-order valence-electron chi connectivity index (χ0n) is 14.0. The summed E-state index contributed by atoms with van der Waals surface area (Å²) in [6.45, 7) is 6.13. The van der Waals surface area contributed by atoms with Crippen LogP contribution in [0.1, 0.15) is 38.7 Å². The molecular formula is C17H21N5O2. The van der Waals surface area contributed by atoms with Gasteiger partial charge in [0.2, 0.25) is 0 Å². The van der Waals surface area contributed by atoms with Crippen molar-refractivity contribution in [3.63, 3.8) is 0 Å². The topological polar surface area (TPSA) is 82.2 Å². The predicted molar refractivity (Wildman–Crippen MR) is 88.7 cm³/mol. The smallest absolute Gasteiger partial charge is 0.274 e. The van der Waals surface area contributed by atoms with Crippen LogP contribution in [0.5, 0.6) is 0 Å². The monoisotopic (exact) mass is 327 g/mol. The molecule has 0 aromatic carbocycles. The molecule has 1 aliphatic heterocycles. The van der Waals surface area contributed by atoms with Gasteiger partial charge >= 0.3 is 0 Å². The number of nitrogens with one attached hydrogen (secondary N) is 1. The van der Waals surface area contributed by atoms with Crippen molar-refractivity contribution >= 4 is 11.8 Å². The molecule has 2 aromatic rings. The van der Waals surface area contributed by atoms with E-state index in [0.29, 0.717) is 37.4 Å². The molecule has 0 radical (unpaired) electrons. The van der Waals surface area contributed by atoms with Crippen LogP contribution >= 0.6 is 0 Å². The Labute approximate surface area is 140 Å². The Hall–Kier alpha value is -2.70. The maximum atomic E-state index is 12.7. The van der Waals surface area contributed by atoms with E-state index in [4.69, 9.17) is 0 Å². The molecule has 2 amide bonds. The second-order valence-corrected chi connectivity index (χ2v) is 6.02. The fourth-order valence-electron chi connectivity index (χ4n) is 3.01. The lowest BCUT2D eigenvalue weighted by molar-refractivity contribution is 0.0715. The molecule has 0 aliphatic carbocycles. The molecule has 1 saturated heterocycles. The molecule has 24 heavy (non-hydrogen) atoms. The lowest BCUT2D eigenvalue weighted by Crippen LogP contribution is -2.37. The van der Waals surface area contributed by atoms with Crippen LogP contribution in [0.25, 0.3) is 0 Å². The summed E-state index contributed by atoms with van der Waals surface area (Å²) in [6, 6.07) is 1.88. The average molecular weight is 327 g/mol. The molecule has 1 N–H and O–H groups in total. The zero-order chi connectivity index (χ0) is 17.1. The molecule has 7 heteroatoms. The van der Waals surface area contributed by atoms with Crippen LogP contribution in [0.2, 0.25) is 0 Å². The van der Waals surface area contributed by atoms with Gasteiger partial charge in [-0.3, -0.25) is 14.6 Å². The standard InChI is InChI=1S/C17H21N5O2/c1-12-10-14(13(2)20-12)16(23)21-6-3-7-22(9-8-21)17(24)15-11-18-4-5-19-15/h4-5,10-11,20H,3,6-9H2,1-2H3. The molecule has 3 heterocycles. The first-order valence-corrected chi connectivity index (χ1v) is 8.07. The number of aromatic nitrogens is 3. The summed E-state index contributed by atoms with van der Waals surface area (Å²) in [5, 5.41) is 0. The van der Waals surface area contributed by atoms with Crippen LogP contribution in [0.3, 0.4) is 0 Å². The van der Waals surface area contributed by atoms with Gasteiger partial charge in [-0.25, -0.2) is 4.98 Å². The first kappa shape index (κ1) is 16.2. The predicted octanol–water partition coefficient (Wildman–Crippen LogP) is 1.41. The van der Waals surface area contributed by atoms with E-state index < -0.39 is 0 Å². The Balaban J connectivity index is 1.68. The molecule has 0 bridgehead atoms. The molecule has 1 aliphatic rings. The van der Waals surface area contributed by atoms with Gasteiger partial charge < -0.3 is 14.8 Å². The molecule has 1 fully saturated rings. The number of rotatable bonds is 2. The normalized spacial score (nSPS) is 15.2. The summed E-state index contributed by atoms with van der Waals surface area (Å²) in [4.78, 5) is 39.9. The third-order valence-corrected chi connectivity index (χ3v) is 4.23. The highest BCUT2D eigenvalue weighted by Gasteiger charge is 2.25. The van der Waals surface area contributed by atoms with Crippen molar-refractivity contribution in [1.29, 1.82) is 0 Å². The number of hydrogen-bond donors (Lipinski definition) is 1. The molecule has 0 atom stereocenters. The third-order valence-electron chi connectivity index (χ3n) is 4.23. The van der Waals surface area contributed by atoms with Gasteiger partial charge in [0.1, 0.15) is 5.69 Å². The summed E-state index contributed by atoms with van der Waals surface area (Å²) >= 11 is 0. The second-order valence-electron chi connectivity index (χ2n) is 6.02. The third kappa shape index (κ3) is 3.29. The SMILES string of the molecule is Cc1cc(C(=O)N2CCCN(C(=O)c3cnccn3)CC2)c(C)[nH]1. The molecule has 0 spiro atoms. The van der Waals surface area contributed by atoms with Crippen LogP contribution in [-0.2, 0) is 0 Å². The highest BCUT2D eigenvalue weighted by molar-refractivity contribution is 5.96. The number of aromatic amines is 1. The Morgan fingerprint density at radius 2 is 1.75 bits per heavy atom. The van der Waals surface area contributed by atoms with Crippen LogP contribution in [-0.4, -0.2) is 62.7 Å². The Morgan fingerprint density at radius 3 is 2.33 bits per heavy atom. The van der Waals surface area contributed by atoms with Crippen molar-refractivity contribution in [2.45, 2.75) is 20.3 Å². The van der Waals surface area contributed by atoms with E-state index >= 15 is 0 Å². The summed E-state index contributed by atoms with van der Waals surface area (Å²) in [6.07, 6.45) is 5.28. The molecule has 0 unspecified atom stereocenters. The maximum absolute atomic E-state index is 12.7. The van der Waals surface area contributed by atoms with E-state index in [1.54, 1.807) is 11.1 Å². The molecule has 7 nitrogen and oxygen atoms in total. The Bertz CT molecular complexity index is 741. The van der Waals surface area contributed by atoms with Crippen molar-refractivity contribution in [1.82, 2.24) is 24.8 Å². The highest BCUT2D eigenvalue weighted by Crippen LogP contribution is 2.15. The fourth-order valence-corrected chi connectivity index (χ4v) is 3.01. The molecule has 2 aromatic heterocycles. The van der Waals surface area contributed by atoms with Gasteiger partial charge in [-0.1, -0.05) is 0 Å². The van der Waals surface area contributed by atoms with E-state index in [1.807, 2.05) is 24.8 Å². The van der Waals surface area contributed by atoms with Crippen LogP contribution in [0.4, 0.5) is 0 Å². The van der Waals surface area contributed by atoms with E-state index in [0.717, 1.165) is 17.8 Å². The van der Waals surface area contributed by atoms with Crippen LogP contribution in [0.15, 0.2) is 24.7 Å². The van der Waals surface area contributed by atoms with E-state index in [9.17, 15) is 9.59 Å². The quantitative estimate of drug-likeness (QED) is 0.904. The number of amides is 2. The molecule has 0 saturated carbocycles. The summed E-state index contributed by atoms with van der Waals surface area (Å²) in [5.74, 6) is -0.114. The highest BCUT2D eigenvalue weighted by atomic mass is 16.2. The minimum Gasteiger partial charge on any atom is -0.362 e. The number of carbonyl (C=O) groups is 2. The minimum absolute atomic E-state index is 0.0191. The summed E-state index contributed by atoms with van der Waals surface area (Å²) < 4.78 is 0. The van der Waals surface area contributed by atoms with E-state index in [2.05, 4.69) is 15.0 Å². The van der Waals surface area contributed by atoms with Crippen molar-refractivity contribution in [2.24, 2.45) is 0 Å². The number of aryl methyl sites for hydroxylation is 2. The van der Waals surface area contributed by atoms with Gasteiger partial charge in [0.25, 0.3) is 11.8 Å². The first-order valence-electron chi connectivity index (χ1n) is 8.07. The average Bonchev–Trinajstić information content (AvgIpc) is 2.79. The molecular weight excluding hydrogens is 306 g/mol. The number of nitrogens with zero attached hydrogens (tertiary/aromatic N) is 4. The van der Waals surface area contributed by atoms with Gasteiger partial charge in [0, 0.05) is 50.0 Å². The number of H-pyrrole nitrogens is 1. The summed E-state index contributed by atoms with van der Waals surface area (Å²) in [7, 11) is 0. The van der Waals surface area contributed by atoms with Crippen molar-refractivity contribution in [3.8, 4) is 0 Å². The van der Waals surface area contributed by atoms with E-state index in [1.165, 1.54) is 12.4 Å². The van der Waals surface area contributed by atoms with Gasteiger partial charge in [-0.2, -0.15) is 0 Å². The number of carbonyl (C=O) groups excluding carboxylic acids is 2. The van der Waals surface area contributed by atoms with Gasteiger partial charge in [-0.15, -0.1) is 0 Å². The zero-order valence-corrected chi connectivity index (χ0v) is 14.0. The van der Waals surface area contributed by atoms with Crippen molar-refractivity contribution < 1.29 is 9.59 Å². The first-order chi connectivity index (χ1) is 11.6. The molecule has 3 rings (SSSR count). The maximum Gasteiger partial charge on any atom is 0.274 e. The Morgan fingerprint density at radius 1 is 1.04 bits per heavy atom. The largest absolute Gasteiger partial charge is 0.362 e. The second kappa shape index (κ2) is 6.82. The lowest BCUT2D eigenvalue weighted by atomic mass is 10.2. The van der Waals surface area contributed by atoms with Gasteiger partial charge in [-0.05, 0) is 26.3 Å². The van der Waals surface area contributed by atoms with E-state index in [-0.39, 0.29) is 11.8 Å². The minimum atomic E-state index is -0.133. The fraction of sp³-hybridized carbons (Fsp3) is 0.412. The van der Waals surface area contributed by atoms with Gasteiger partial charge in [0.05, 0.1) is 11.8 Å². The van der Waals surface area contributed by atoms with Crippen molar-refractivity contribution in [3.05, 3.63) is 47.3 Å². The lowest BCUT2D eigenvalue weighted by Gasteiger charge is -2.22.